The first kappa shape index (κ1) is 16.5. The topological polar surface area (TPSA) is 42.0 Å². The van der Waals surface area contributed by atoms with Crippen molar-refractivity contribution < 1.29 is 4.79 Å². The zero-order valence-electron chi connectivity index (χ0n) is 14.6. The fraction of sp³-hybridized carbons (Fsp3) is 0.0909. The number of para-hydroxylation sites is 1. The van der Waals surface area contributed by atoms with Crippen molar-refractivity contribution in [3.05, 3.63) is 82.7 Å². The average molecular weight is 358 g/mol. The number of aryl methyl sites for hydroxylation is 2. The van der Waals surface area contributed by atoms with Crippen molar-refractivity contribution in [3.8, 4) is 10.6 Å². The largest absolute Gasteiger partial charge is 0.322 e. The molecule has 0 atom stereocenters. The Kier molecular flexibility index (Phi) is 4.27. The molecule has 0 unspecified atom stereocenters. The molecule has 0 aliphatic carbocycles. The highest BCUT2D eigenvalue weighted by molar-refractivity contribution is 7.13. The number of carbonyl (C=O) groups is 1. The van der Waals surface area contributed by atoms with E-state index in [1.54, 1.807) is 11.3 Å². The molecule has 4 heteroatoms. The highest BCUT2D eigenvalue weighted by Gasteiger charge is 2.14. The number of carbonyl (C=O) groups excluding carboxylic acids is 1. The molecule has 1 N–H and O–H groups in total. The number of hydrogen-bond donors (Lipinski definition) is 1. The third-order valence-corrected chi connectivity index (χ3v) is 5.39. The molecule has 2 aromatic heterocycles. The molecule has 0 fully saturated rings. The van der Waals surface area contributed by atoms with Crippen LogP contribution in [0.2, 0.25) is 0 Å². The van der Waals surface area contributed by atoms with Crippen LogP contribution < -0.4 is 5.32 Å². The van der Waals surface area contributed by atoms with Gasteiger partial charge in [0.1, 0.15) is 0 Å². The highest BCUT2D eigenvalue weighted by atomic mass is 32.1. The number of nitrogens with one attached hydrogen (secondary N) is 1. The summed E-state index contributed by atoms with van der Waals surface area (Å²) < 4.78 is 0. The van der Waals surface area contributed by atoms with Gasteiger partial charge < -0.3 is 5.32 Å². The number of hydrogen-bond acceptors (Lipinski definition) is 3. The lowest BCUT2D eigenvalue weighted by atomic mass is 10.1. The van der Waals surface area contributed by atoms with Crippen LogP contribution in [-0.4, -0.2) is 10.9 Å². The summed E-state index contributed by atoms with van der Waals surface area (Å²) in [5, 5.41) is 5.90. The van der Waals surface area contributed by atoms with Gasteiger partial charge in [-0.2, -0.15) is 0 Å². The Morgan fingerprint density at radius 3 is 2.58 bits per heavy atom. The van der Waals surface area contributed by atoms with Crippen LogP contribution in [0.3, 0.4) is 0 Å². The van der Waals surface area contributed by atoms with Gasteiger partial charge >= 0.3 is 0 Å². The Morgan fingerprint density at radius 2 is 1.81 bits per heavy atom. The second kappa shape index (κ2) is 6.73. The first-order chi connectivity index (χ1) is 12.6. The summed E-state index contributed by atoms with van der Waals surface area (Å²) in [7, 11) is 0. The van der Waals surface area contributed by atoms with Crippen LogP contribution in [0, 0.1) is 13.8 Å². The molecule has 0 saturated carbocycles. The zero-order chi connectivity index (χ0) is 18.1. The Bertz CT molecular complexity index is 1100. The maximum atomic E-state index is 13.0. The van der Waals surface area contributed by atoms with E-state index in [4.69, 9.17) is 4.98 Å². The van der Waals surface area contributed by atoms with Crippen molar-refractivity contribution in [1.82, 2.24) is 4.98 Å². The number of amides is 1. The van der Waals surface area contributed by atoms with E-state index in [2.05, 4.69) is 12.2 Å². The van der Waals surface area contributed by atoms with Gasteiger partial charge in [0, 0.05) is 11.1 Å². The lowest BCUT2D eigenvalue weighted by Crippen LogP contribution is -2.13. The number of fused-ring (bicyclic) bond motifs is 1. The molecular formula is C22H18N2OS. The quantitative estimate of drug-likeness (QED) is 0.500. The predicted octanol–water partition coefficient (Wildman–Crippen LogP) is 5.83. The van der Waals surface area contributed by atoms with Crippen molar-refractivity contribution in [2.45, 2.75) is 13.8 Å². The smallest absolute Gasteiger partial charge is 0.256 e. The molecule has 0 bridgehead atoms. The van der Waals surface area contributed by atoms with Crippen molar-refractivity contribution in [1.29, 1.82) is 0 Å². The molecule has 0 aliphatic rings. The van der Waals surface area contributed by atoms with E-state index >= 15 is 0 Å². The van der Waals surface area contributed by atoms with Crippen molar-refractivity contribution in [2.75, 3.05) is 5.32 Å². The van der Waals surface area contributed by atoms with Crippen molar-refractivity contribution in [3.63, 3.8) is 0 Å². The Balaban J connectivity index is 1.78. The molecule has 128 valence electrons. The predicted molar refractivity (Wildman–Crippen MR) is 109 cm³/mol. The molecule has 26 heavy (non-hydrogen) atoms. The van der Waals surface area contributed by atoms with Gasteiger partial charge in [-0.1, -0.05) is 30.3 Å². The van der Waals surface area contributed by atoms with E-state index in [9.17, 15) is 4.79 Å². The van der Waals surface area contributed by atoms with E-state index in [-0.39, 0.29) is 5.91 Å². The first-order valence-corrected chi connectivity index (χ1v) is 9.32. The molecule has 2 aromatic carbocycles. The van der Waals surface area contributed by atoms with E-state index < -0.39 is 0 Å². The molecular weight excluding hydrogens is 340 g/mol. The van der Waals surface area contributed by atoms with Gasteiger partial charge in [-0.15, -0.1) is 11.3 Å². The van der Waals surface area contributed by atoms with Gasteiger partial charge in [0.15, 0.2) is 0 Å². The monoisotopic (exact) mass is 358 g/mol. The van der Waals surface area contributed by atoms with E-state index in [0.717, 1.165) is 32.7 Å². The molecule has 2 heterocycles. The van der Waals surface area contributed by atoms with Crippen molar-refractivity contribution in [2.24, 2.45) is 0 Å². The fourth-order valence-corrected chi connectivity index (χ4v) is 3.62. The number of nitrogens with zero attached hydrogens (tertiary/aromatic N) is 1. The summed E-state index contributed by atoms with van der Waals surface area (Å²) in [6, 6.07) is 19.6. The number of thiophene rings is 1. The third kappa shape index (κ3) is 3.11. The van der Waals surface area contributed by atoms with Crippen LogP contribution in [0.15, 0.2) is 66.0 Å². The van der Waals surface area contributed by atoms with Gasteiger partial charge in [-0.3, -0.25) is 4.79 Å². The Morgan fingerprint density at radius 1 is 0.962 bits per heavy atom. The van der Waals surface area contributed by atoms with Crippen molar-refractivity contribution >= 4 is 33.8 Å². The highest BCUT2D eigenvalue weighted by Crippen LogP contribution is 2.28. The second-order valence-electron chi connectivity index (χ2n) is 6.30. The average Bonchev–Trinajstić information content (AvgIpc) is 3.18. The maximum absolute atomic E-state index is 13.0. The third-order valence-electron chi connectivity index (χ3n) is 4.50. The number of pyridine rings is 1. The van der Waals surface area contributed by atoms with Crippen LogP contribution in [-0.2, 0) is 0 Å². The lowest BCUT2D eigenvalue weighted by molar-refractivity contribution is 0.102. The number of rotatable bonds is 3. The number of benzene rings is 2. The molecule has 4 rings (SSSR count). The molecule has 1 amide bonds. The Labute approximate surface area is 156 Å². The molecule has 4 aromatic rings. The van der Waals surface area contributed by atoms with E-state index in [0.29, 0.717) is 5.56 Å². The van der Waals surface area contributed by atoms with Crippen LogP contribution in [0.1, 0.15) is 21.5 Å². The summed E-state index contributed by atoms with van der Waals surface area (Å²) in [4.78, 5) is 18.8. The summed E-state index contributed by atoms with van der Waals surface area (Å²) in [5.41, 5.74) is 5.44. The van der Waals surface area contributed by atoms with Gasteiger partial charge in [0.05, 0.1) is 21.7 Å². The van der Waals surface area contributed by atoms with E-state index in [1.165, 1.54) is 5.56 Å². The first-order valence-electron chi connectivity index (χ1n) is 8.44. The Hall–Kier alpha value is -2.98. The lowest BCUT2D eigenvalue weighted by Gasteiger charge is -2.11. The second-order valence-corrected chi connectivity index (χ2v) is 7.25. The van der Waals surface area contributed by atoms with Crippen LogP contribution in [0.5, 0.6) is 0 Å². The summed E-state index contributed by atoms with van der Waals surface area (Å²) in [6.07, 6.45) is 0. The summed E-state index contributed by atoms with van der Waals surface area (Å²) in [5.74, 6) is -0.121. The van der Waals surface area contributed by atoms with Crippen LogP contribution >= 0.6 is 11.3 Å². The maximum Gasteiger partial charge on any atom is 0.256 e. The minimum atomic E-state index is -0.121. The molecule has 0 spiro atoms. The van der Waals surface area contributed by atoms with Gasteiger partial charge in [-0.05, 0) is 60.7 Å². The molecule has 0 saturated heterocycles. The molecule has 3 nitrogen and oxygen atoms in total. The zero-order valence-corrected chi connectivity index (χ0v) is 15.4. The minimum Gasteiger partial charge on any atom is -0.322 e. The van der Waals surface area contributed by atoms with Gasteiger partial charge in [-0.25, -0.2) is 4.98 Å². The summed E-state index contributed by atoms with van der Waals surface area (Å²) in [6.45, 7) is 4.10. The van der Waals surface area contributed by atoms with Crippen LogP contribution in [0.4, 0.5) is 5.69 Å². The summed E-state index contributed by atoms with van der Waals surface area (Å²) >= 11 is 1.62. The van der Waals surface area contributed by atoms with Gasteiger partial charge in [0.2, 0.25) is 0 Å². The van der Waals surface area contributed by atoms with Gasteiger partial charge in [0.25, 0.3) is 5.91 Å². The number of aromatic nitrogens is 1. The van der Waals surface area contributed by atoms with Crippen LogP contribution in [0.25, 0.3) is 21.5 Å². The van der Waals surface area contributed by atoms with E-state index in [1.807, 2.05) is 73.0 Å². The minimum absolute atomic E-state index is 0.121. The molecule has 0 aliphatic heterocycles. The fourth-order valence-electron chi connectivity index (χ4n) is 2.93. The normalized spacial score (nSPS) is 10.8. The molecule has 0 radical (unpaired) electrons. The number of anilines is 1. The standard InChI is InChI=1S/C22H18N2OS/c1-14-9-10-16(12-15(14)2)23-22(25)18-13-20(21-8-5-11-26-21)24-19-7-4-3-6-17(18)19/h3-13H,1-2H3,(H,23,25). The SMILES string of the molecule is Cc1ccc(NC(=O)c2cc(-c3cccs3)nc3ccccc23)cc1C.